The third-order valence-corrected chi connectivity index (χ3v) is 4.27. The summed E-state index contributed by atoms with van der Waals surface area (Å²) < 4.78 is 0.227. The minimum atomic E-state index is -1.11. The number of carbonyl (C=O) groups is 3. The van der Waals surface area contributed by atoms with Gasteiger partial charge in [0, 0.05) is 5.56 Å². The van der Waals surface area contributed by atoms with Crippen molar-refractivity contribution in [2.24, 2.45) is 0 Å². The van der Waals surface area contributed by atoms with Crippen LogP contribution in [0.5, 0.6) is 0 Å². The van der Waals surface area contributed by atoms with E-state index in [1.165, 1.54) is 6.92 Å². The lowest BCUT2D eigenvalue weighted by Crippen LogP contribution is -2.41. The largest absolute Gasteiger partial charge is 0.480 e. The van der Waals surface area contributed by atoms with Crippen molar-refractivity contribution in [3.63, 3.8) is 0 Å². The van der Waals surface area contributed by atoms with Crippen LogP contribution in [0, 0.1) is 0 Å². The summed E-state index contributed by atoms with van der Waals surface area (Å²) in [6.45, 7) is 1.41. The summed E-state index contributed by atoms with van der Waals surface area (Å²) in [5.74, 6) is -1.53. The first-order valence-electron chi connectivity index (χ1n) is 5.99. The summed E-state index contributed by atoms with van der Waals surface area (Å²) in [4.78, 5) is 35.3. The number of aldehydes is 1. The van der Waals surface area contributed by atoms with Crippen LogP contribution in [-0.4, -0.2) is 38.5 Å². The van der Waals surface area contributed by atoms with Gasteiger partial charge < -0.3 is 5.11 Å². The summed E-state index contributed by atoms with van der Waals surface area (Å²) in [6.07, 6.45) is 2.36. The van der Waals surface area contributed by atoms with E-state index in [0.29, 0.717) is 10.5 Å². The molecule has 7 heteroatoms. The number of benzene rings is 1. The van der Waals surface area contributed by atoms with Crippen LogP contribution >= 0.6 is 24.0 Å². The van der Waals surface area contributed by atoms with Crippen molar-refractivity contribution in [2.45, 2.75) is 13.0 Å². The molecule has 2 rings (SSSR count). The van der Waals surface area contributed by atoms with Crippen LogP contribution in [0.25, 0.3) is 6.08 Å². The Hall–Kier alpha value is -1.99. The van der Waals surface area contributed by atoms with Crippen LogP contribution in [0.15, 0.2) is 29.2 Å². The van der Waals surface area contributed by atoms with Gasteiger partial charge in [-0.25, -0.2) is 4.79 Å². The van der Waals surface area contributed by atoms with Gasteiger partial charge in [-0.15, -0.1) is 0 Å². The van der Waals surface area contributed by atoms with E-state index in [1.807, 2.05) is 0 Å². The Labute approximate surface area is 130 Å². The average molecular weight is 321 g/mol. The van der Waals surface area contributed by atoms with Gasteiger partial charge in [-0.3, -0.25) is 14.5 Å². The van der Waals surface area contributed by atoms with Gasteiger partial charge in [0.1, 0.15) is 16.6 Å². The molecule has 1 aromatic carbocycles. The second-order valence-electron chi connectivity index (χ2n) is 4.35. The van der Waals surface area contributed by atoms with Crippen molar-refractivity contribution >= 4 is 52.5 Å². The van der Waals surface area contributed by atoms with Crippen LogP contribution in [0.1, 0.15) is 22.8 Å². The predicted octanol–water partition coefficient (Wildman–Crippen LogP) is 2.17. The molecule has 108 valence electrons. The van der Waals surface area contributed by atoms with Crippen LogP contribution in [-0.2, 0) is 9.59 Å². The smallest absolute Gasteiger partial charge is 0.326 e. The molecule has 1 atom stereocenters. The first-order chi connectivity index (χ1) is 9.93. The topological polar surface area (TPSA) is 74.7 Å². The van der Waals surface area contributed by atoms with E-state index in [0.717, 1.165) is 28.5 Å². The maximum Gasteiger partial charge on any atom is 0.326 e. The third-order valence-electron chi connectivity index (χ3n) is 2.94. The zero-order chi connectivity index (χ0) is 15.6. The lowest BCUT2D eigenvalue weighted by Gasteiger charge is -2.18. The first kappa shape index (κ1) is 15.4. The molecule has 1 aromatic rings. The first-order valence-corrected chi connectivity index (χ1v) is 7.21. The van der Waals surface area contributed by atoms with E-state index >= 15 is 0 Å². The Morgan fingerprint density at radius 2 is 1.90 bits per heavy atom. The Balaban J connectivity index is 2.27. The second-order valence-corrected chi connectivity index (χ2v) is 6.03. The lowest BCUT2D eigenvalue weighted by molar-refractivity contribution is -0.144. The molecule has 1 aliphatic rings. The Morgan fingerprint density at radius 3 is 2.43 bits per heavy atom. The van der Waals surface area contributed by atoms with E-state index in [4.69, 9.17) is 17.3 Å². The van der Waals surface area contributed by atoms with Gasteiger partial charge in [-0.1, -0.05) is 48.2 Å². The molecular weight excluding hydrogens is 310 g/mol. The minimum absolute atomic E-state index is 0.227. The Bertz CT molecular complexity index is 651. The molecule has 0 bridgehead atoms. The molecule has 0 aromatic heterocycles. The normalized spacial score (nSPS) is 18.1. The van der Waals surface area contributed by atoms with Crippen molar-refractivity contribution in [3.05, 3.63) is 40.3 Å². The number of aliphatic carboxylic acids is 1. The summed E-state index contributed by atoms with van der Waals surface area (Å²) in [5, 5.41) is 9.00. The van der Waals surface area contributed by atoms with E-state index < -0.39 is 17.9 Å². The number of amides is 1. The molecule has 1 aliphatic heterocycles. The summed E-state index contributed by atoms with van der Waals surface area (Å²) in [7, 11) is 0. The fourth-order valence-electron chi connectivity index (χ4n) is 1.75. The monoisotopic (exact) mass is 321 g/mol. The molecule has 0 spiro atoms. The van der Waals surface area contributed by atoms with Gasteiger partial charge in [0.2, 0.25) is 0 Å². The number of thiocarbonyl (C=S) groups is 1. The summed E-state index contributed by atoms with van der Waals surface area (Å²) in [5.41, 5.74) is 1.28. The van der Waals surface area contributed by atoms with Crippen molar-refractivity contribution in [3.8, 4) is 0 Å². The zero-order valence-corrected chi connectivity index (χ0v) is 12.6. The van der Waals surface area contributed by atoms with Gasteiger partial charge in [0.15, 0.2) is 0 Å². The van der Waals surface area contributed by atoms with Crippen molar-refractivity contribution in [1.29, 1.82) is 0 Å². The molecule has 1 heterocycles. The molecule has 0 aliphatic carbocycles. The zero-order valence-electron chi connectivity index (χ0n) is 11.0. The van der Waals surface area contributed by atoms with Crippen LogP contribution in [0.2, 0.25) is 0 Å². The number of hydrogen-bond acceptors (Lipinski definition) is 5. The summed E-state index contributed by atoms with van der Waals surface area (Å²) in [6, 6.07) is 5.69. The average Bonchev–Trinajstić information content (AvgIpc) is 2.73. The van der Waals surface area contributed by atoms with E-state index in [1.54, 1.807) is 30.3 Å². The number of rotatable bonds is 4. The Morgan fingerprint density at radius 1 is 1.33 bits per heavy atom. The van der Waals surface area contributed by atoms with Crippen molar-refractivity contribution in [1.82, 2.24) is 4.90 Å². The quantitative estimate of drug-likeness (QED) is 0.520. The number of carboxylic acids is 1. The summed E-state index contributed by atoms with van der Waals surface area (Å²) >= 11 is 6.13. The van der Waals surface area contributed by atoms with Gasteiger partial charge in [0.05, 0.1) is 4.91 Å². The molecule has 0 saturated carbocycles. The molecule has 1 N–H and O–H groups in total. The highest BCUT2D eigenvalue weighted by atomic mass is 32.2. The molecule has 0 unspecified atom stereocenters. The van der Waals surface area contributed by atoms with Crippen molar-refractivity contribution in [2.75, 3.05) is 0 Å². The van der Waals surface area contributed by atoms with E-state index in [-0.39, 0.29) is 4.32 Å². The molecular formula is C14H11NO4S2. The lowest BCUT2D eigenvalue weighted by atomic mass is 10.1. The maximum atomic E-state index is 12.2. The van der Waals surface area contributed by atoms with Gasteiger partial charge in [-0.05, 0) is 18.6 Å². The van der Waals surface area contributed by atoms with E-state index in [9.17, 15) is 14.4 Å². The molecule has 1 fully saturated rings. The number of hydrogen-bond donors (Lipinski definition) is 1. The van der Waals surface area contributed by atoms with Crippen LogP contribution < -0.4 is 0 Å². The highest BCUT2D eigenvalue weighted by molar-refractivity contribution is 8.26. The SMILES string of the molecule is C[C@@H](C(=O)O)N1C(=O)/C(=C/c2ccc(C=O)cc2)SC1=S. The number of nitrogens with zero attached hydrogens (tertiary/aromatic N) is 1. The second kappa shape index (κ2) is 6.19. The minimum Gasteiger partial charge on any atom is -0.480 e. The van der Waals surface area contributed by atoms with Crippen LogP contribution in [0.3, 0.4) is 0 Å². The number of carbonyl (C=O) groups excluding carboxylic acids is 2. The predicted molar refractivity (Wildman–Crippen MR) is 83.9 cm³/mol. The van der Waals surface area contributed by atoms with Gasteiger partial charge >= 0.3 is 5.97 Å². The molecule has 21 heavy (non-hydrogen) atoms. The van der Waals surface area contributed by atoms with Gasteiger partial charge in [0.25, 0.3) is 5.91 Å². The van der Waals surface area contributed by atoms with Crippen molar-refractivity contribution < 1.29 is 19.5 Å². The fourth-order valence-corrected chi connectivity index (χ4v) is 3.16. The standard InChI is InChI=1S/C14H11NO4S2/c1-8(13(18)19)15-12(17)11(21-14(15)20)6-9-2-4-10(7-16)5-3-9/h2-8H,1H3,(H,18,19)/b11-6-/t8-/m0/s1. The van der Waals surface area contributed by atoms with Crippen LogP contribution in [0.4, 0.5) is 0 Å². The third kappa shape index (κ3) is 3.20. The fraction of sp³-hybridized carbons (Fsp3) is 0.143. The number of carboxylic acid groups (broad SMARTS) is 1. The molecule has 5 nitrogen and oxygen atoms in total. The van der Waals surface area contributed by atoms with Gasteiger partial charge in [-0.2, -0.15) is 0 Å². The number of thioether (sulfide) groups is 1. The maximum absolute atomic E-state index is 12.2. The molecule has 0 radical (unpaired) electrons. The van der Waals surface area contributed by atoms with E-state index in [2.05, 4.69) is 0 Å². The highest BCUT2D eigenvalue weighted by Gasteiger charge is 2.38. The molecule has 1 amide bonds. The highest BCUT2D eigenvalue weighted by Crippen LogP contribution is 2.33. The molecule has 1 saturated heterocycles. The Kier molecular flexibility index (Phi) is 4.54.